The molecule has 0 bridgehead atoms. The Bertz CT molecular complexity index is 923. The zero-order valence-corrected chi connectivity index (χ0v) is 17.1. The fraction of sp³-hybridized carbons (Fsp3) is 0.524. The standard InChI is InChI=1S/C21H25F4N3O2/c1-12-17(14-4-5-16(22)15(10-14)21(23,24)25)26-27-18(12)19(29)28-8-6-13(7-9-28)11-20(2,3)30/h4-5,10,13,30H,6-9,11H2,1-3H3,(H,26,27). The van der Waals surface area contributed by atoms with Crippen LogP contribution in [-0.4, -0.2) is 44.8 Å². The topological polar surface area (TPSA) is 69.2 Å². The molecule has 0 aliphatic carbocycles. The lowest BCUT2D eigenvalue weighted by Crippen LogP contribution is -2.40. The highest BCUT2D eigenvalue weighted by Crippen LogP contribution is 2.35. The molecule has 1 amide bonds. The molecule has 164 valence electrons. The van der Waals surface area contributed by atoms with Crippen molar-refractivity contribution in [3.8, 4) is 11.3 Å². The first kappa shape index (κ1) is 22.3. The Labute approximate surface area is 172 Å². The van der Waals surface area contributed by atoms with E-state index in [1.54, 1.807) is 25.7 Å². The van der Waals surface area contributed by atoms with Crippen LogP contribution in [0.3, 0.4) is 0 Å². The van der Waals surface area contributed by atoms with E-state index in [-0.39, 0.29) is 22.9 Å². The Morgan fingerprint density at radius 1 is 1.27 bits per heavy atom. The molecule has 0 spiro atoms. The first-order chi connectivity index (χ1) is 13.9. The van der Waals surface area contributed by atoms with Gasteiger partial charge in [-0.25, -0.2) is 4.39 Å². The maximum absolute atomic E-state index is 13.6. The molecule has 30 heavy (non-hydrogen) atoms. The van der Waals surface area contributed by atoms with Gasteiger partial charge in [-0.3, -0.25) is 9.89 Å². The van der Waals surface area contributed by atoms with Crippen molar-refractivity contribution < 1.29 is 27.5 Å². The number of piperidine rings is 1. The van der Waals surface area contributed by atoms with Crippen LogP contribution in [0.15, 0.2) is 18.2 Å². The van der Waals surface area contributed by atoms with Crippen molar-refractivity contribution in [3.63, 3.8) is 0 Å². The number of rotatable bonds is 4. The summed E-state index contributed by atoms with van der Waals surface area (Å²) < 4.78 is 52.6. The maximum atomic E-state index is 13.6. The Morgan fingerprint density at radius 3 is 2.47 bits per heavy atom. The molecule has 2 N–H and O–H groups in total. The summed E-state index contributed by atoms with van der Waals surface area (Å²) in [5.41, 5.74) is -1.23. The van der Waals surface area contributed by atoms with Crippen molar-refractivity contribution in [2.45, 2.75) is 51.8 Å². The van der Waals surface area contributed by atoms with E-state index in [0.29, 0.717) is 37.1 Å². The van der Waals surface area contributed by atoms with Gasteiger partial charge in [0.2, 0.25) is 0 Å². The first-order valence-electron chi connectivity index (χ1n) is 9.80. The maximum Gasteiger partial charge on any atom is 0.419 e. The Kier molecular flexibility index (Phi) is 5.95. The van der Waals surface area contributed by atoms with Gasteiger partial charge in [0.25, 0.3) is 5.91 Å². The lowest BCUT2D eigenvalue weighted by molar-refractivity contribution is -0.139. The Hall–Kier alpha value is -2.42. The minimum atomic E-state index is -4.82. The van der Waals surface area contributed by atoms with Crippen molar-refractivity contribution in [2.75, 3.05) is 13.1 Å². The number of hydrogen-bond donors (Lipinski definition) is 2. The van der Waals surface area contributed by atoms with Crippen LogP contribution >= 0.6 is 0 Å². The van der Waals surface area contributed by atoms with E-state index in [1.165, 1.54) is 6.07 Å². The third-order valence-corrected chi connectivity index (χ3v) is 5.46. The van der Waals surface area contributed by atoms with Gasteiger partial charge < -0.3 is 10.0 Å². The lowest BCUT2D eigenvalue weighted by Gasteiger charge is -2.34. The summed E-state index contributed by atoms with van der Waals surface area (Å²) in [7, 11) is 0. The molecule has 9 heteroatoms. The molecule has 1 aliphatic heterocycles. The number of nitrogens with one attached hydrogen (secondary N) is 1. The van der Waals surface area contributed by atoms with Gasteiger partial charge in [0.15, 0.2) is 0 Å². The number of benzene rings is 1. The predicted molar refractivity (Wildman–Crippen MR) is 103 cm³/mol. The van der Waals surface area contributed by atoms with Gasteiger partial charge in [0.05, 0.1) is 16.9 Å². The molecule has 0 radical (unpaired) electrons. The number of aromatic amines is 1. The highest BCUT2D eigenvalue weighted by atomic mass is 19.4. The van der Waals surface area contributed by atoms with Crippen molar-refractivity contribution in [1.29, 1.82) is 0 Å². The van der Waals surface area contributed by atoms with Crippen molar-refractivity contribution >= 4 is 5.91 Å². The average molecular weight is 427 g/mol. The highest BCUT2D eigenvalue weighted by Gasteiger charge is 2.35. The minimum absolute atomic E-state index is 0.0837. The van der Waals surface area contributed by atoms with Crippen LogP contribution in [-0.2, 0) is 6.18 Å². The SMILES string of the molecule is Cc1c(-c2ccc(F)c(C(F)(F)F)c2)n[nH]c1C(=O)N1CCC(CC(C)(C)O)CC1. The molecular weight excluding hydrogens is 402 g/mol. The van der Waals surface area contributed by atoms with Crippen LogP contribution in [0, 0.1) is 18.7 Å². The van der Waals surface area contributed by atoms with E-state index in [9.17, 15) is 27.5 Å². The highest BCUT2D eigenvalue weighted by molar-refractivity contribution is 5.95. The molecule has 5 nitrogen and oxygen atoms in total. The number of likely N-dealkylation sites (tertiary alicyclic amines) is 1. The van der Waals surface area contributed by atoms with Gasteiger partial charge in [-0.1, -0.05) is 0 Å². The van der Waals surface area contributed by atoms with Crippen LogP contribution in [0.4, 0.5) is 17.6 Å². The molecule has 2 aromatic rings. The molecular formula is C21H25F4N3O2. The second-order valence-corrected chi connectivity index (χ2v) is 8.52. The van der Waals surface area contributed by atoms with Gasteiger partial charge in [-0.15, -0.1) is 0 Å². The summed E-state index contributed by atoms with van der Waals surface area (Å²) in [6.45, 7) is 6.19. The molecule has 1 aromatic carbocycles. The molecule has 2 heterocycles. The number of aliphatic hydroxyl groups is 1. The summed E-state index contributed by atoms with van der Waals surface area (Å²) >= 11 is 0. The smallest absolute Gasteiger partial charge is 0.390 e. The number of nitrogens with zero attached hydrogens (tertiary/aromatic N) is 2. The fourth-order valence-electron chi connectivity index (χ4n) is 3.98. The summed E-state index contributed by atoms with van der Waals surface area (Å²) in [6.07, 6.45) is -2.63. The molecule has 0 saturated carbocycles. The largest absolute Gasteiger partial charge is 0.419 e. The normalized spacial score (nSPS) is 16.2. The molecule has 0 atom stereocenters. The zero-order chi connectivity index (χ0) is 22.3. The molecule has 1 saturated heterocycles. The van der Waals surface area contributed by atoms with E-state index in [1.807, 2.05) is 0 Å². The van der Waals surface area contributed by atoms with Crippen LogP contribution in [0.25, 0.3) is 11.3 Å². The van der Waals surface area contributed by atoms with Crippen LogP contribution < -0.4 is 0 Å². The summed E-state index contributed by atoms with van der Waals surface area (Å²) in [5.74, 6) is -1.30. The third kappa shape index (κ3) is 4.83. The Balaban J connectivity index is 1.77. The van der Waals surface area contributed by atoms with E-state index >= 15 is 0 Å². The van der Waals surface area contributed by atoms with E-state index in [2.05, 4.69) is 10.2 Å². The van der Waals surface area contributed by atoms with Gasteiger partial charge in [-0.2, -0.15) is 18.3 Å². The zero-order valence-electron chi connectivity index (χ0n) is 17.1. The second kappa shape index (κ2) is 8.02. The molecule has 1 aromatic heterocycles. The number of aromatic nitrogens is 2. The summed E-state index contributed by atoms with van der Waals surface area (Å²) in [5, 5.41) is 16.6. The predicted octanol–water partition coefficient (Wildman–Crippen LogP) is 4.56. The molecule has 1 fully saturated rings. The van der Waals surface area contributed by atoms with Crippen molar-refractivity contribution in [2.24, 2.45) is 5.92 Å². The van der Waals surface area contributed by atoms with Crippen molar-refractivity contribution in [1.82, 2.24) is 15.1 Å². The summed E-state index contributed by atoms with van der Waals surface area (Å²) in [6, 6.07) is 2.67. The Morgan fingerprint density at radius 2 is 1.90 bits per heavy atom. The number of halogens is 4. The van der Waals surface area contributed by atoms with E-state index in [0.717, 1.165) is 18.9 Å². The van der Waals surface area contributed by atoms with Crippen molar-refractivity contribution in [3.05, 3.63) is 40.8 Å². The van der Waals surface area contributed by atoms with Crippen LogP contribution in [0.2, 0.25) is 0 Å². The second-order valence-electron chi connectivity index (χ2n) is 8.52. The first-order valence-corrected chi connectivity index (χ1v) is 9.80. The monoisotopic (exact) mass is 427 g/mol. The number of H-pyrrole nitrogens is 1. The average Bonchev–Trinajstić information content (AvgIpc) is 3.01. The summed E-state index contributed by atoms with van der Waals surface area (Å²) in [4.78, 5) is 14.6. The molecule has 1 aliphatic rings. The fourth-order valence-corrected chi connectivity index (χ4v) is 3.98. The number of alkyl halides is 3. The third-order valence-electron chi connectivity index (χ3n) is 5.46. The van der Waals surface area contributed by atoms with Crippen LogP contribution in [0.5, 0.6) is 0 Å². The quantitative estimate of drug-likeness (QED) is 0.703. The number of carbonyl (C=O) groups excluding carboxylic acids is 1. The van der Waals surface area contributed by atoms with E-state index in [4.69, 9.17) is 0 Å². The molecule has 0 unspecified atom stereocenters. The van der Waals surface area contributed by atoms with Crippen LogP contribution in [0.1, 0.15) is 54.7 Å². The number of hydrogen-bond acceptors (Lipinski definition) is 3. The minimum Gasteiger partial charge on any atom is -0.390 e. The van der Waals surface area contributed by atoms with Gasteiger partial charge >= 0.3 is 6.18 Å². The number of carbonyl (C=O) groups is 1. The molecule has 3 rings (SSSR count). The van der Waals surface area contributed by atoms with E-state index < -0.39 is 23.2 Å². The van der Waals surface area contributed by atoms with Gasteiger partial charge in [0, 0.05) is 24.2 Å². The van der Waals surface area contributed by atoms with Gasteiger partial charge in [0.1, 0.15) is 11.5 Å². The van der Waals surface area contributed by atoms with Gasteiger partial charge in [-0.05, 0) is 64.2 Å². The lowest BCUT2D eigenvalue weighted by atomic mass is 9.86. The number of amides is 1.